The van der Waals surface area contributed by atoms with Crippen molar-refractivity contribution in [3.63, 3.8) is 0 Å². The van der Waals surface area contributed by atoms with Gasteiger partial charge in [0, 0.05) is 29.6 Å². The van der Waals surface area contributed by atoms with E-state index in [1.807, 2.05) is 77.9 Å². The average Bonchev–Trinajstić information content (AvgIpc) is 3.40. The maximum absolute atomic E-state index is 12.9. The molecule has 1 amide bonds. The number of hydrogen-bond acceptors (Lipinski definition) is 4. The molecule has 35 heavy (non-hydrogen) atoms. The van der Waals surface area contributed by atoms with Crippen molar-refractivity contribution in [1.29, 1.82) is 0 Å². The van der Waals surface area contributed by atoms with Crippen LogP contribution in [-0.4, -0.2) is 39.8 Å². The van der Waals surface area contributed by atoms with Gasteiger partial charge in [-0.2, -0.15) is 0 Å². The van der Waals surface area contributed by atoms with Gasteiger partial charge in [-0.1, -0.05) is 35.9 Å². The molecule has 5 rings (SSSR count). The molecule has 3 aromatic carbocycles. The van der Waals surface area contributed by atoms with E-state index < -0.39 is 6.10 Å². The Morgan fingerprint density at radius 2 is 1.94 bits per heavy atom. The number of para-hydroxylation sites is 2. The third kappa shape index (κ3) is 4.90. The fourth-order valence-corrected chi connectivity index (χ4v) is 4.80. The summed E-state index contributed by atoms with van der Waals surface area (Å²) in [5.41, 5.74) is 4.73. The summed E-state index contributed by atoms with van der Waals surface area (Å²) in [7, 11) is 0. The zero-order valence-electron chi connectivity index (χ0n) is 19.8. The largest absolute Gasteiger partial charge is 0.491 e. The van der Waals surface area contributed by atoms with Gasteiger partial charge >= 0.3 is 0 Å². The highest BCUT2D eigenvalue weighted by Crippen LogP contribution is 2.33. The summed E-state index contributed by atoms with van der Waals surface area (Å²) < 4.78 is 7.86. The number of amides is 1. The predicted molar refractivity (Wildman–Crippen MR) is 138 cm³/mol. The predicted octanol–water partition coefficient (Wildman–Crippen LogP) is 5.27. The van der Waals surface area contributed by atoms with Crippen LogP contribution in [0.15, 0.2) is 66.7 Å². The summed E-state index contributed by atoms with van der Waals surface area (Å²) >= 11 is 6.10. The monoisotopic (exact) mass is 489 g/mol. The van der Waals surface area contributed by atoms with Gasteiger partial charge in [-0.15, -0.1) is 0 Å². The van der Waals surface area contributed by atoms with E-state index in [2.05, 4.69) is 0 Å². The normalized spacial score (nSPS) is 16.7. The van der Waals surface area contributed by atoms with Crippen LogP contribution < -0.4 is 9.64 Å². The fraction of sp³-hybridized carbons (Fsp3) is 0.286. The third-order valence-electron chi connectivity index (χ3n) is 6.45. The third-order valence-corrected chi connectivity index (χ3v) is 6.88. The number of halogens is 1. The van der Waals surface area contributed by atoms with Gasteiger partial charge in [-0.25, -0.2) is 4.98 Å². The first-order chi connectivity index (χ1) is 16.9. The number of hydrogen-bond donors (Lipinski definition) is 1. The van der Waals surface area contributed by atoms with Gasteiger partial charge in [0.1, 0.15) is 24.3 Å². The highest BCUT2D eigenvalue weighted by atomic mass is 35.5. The van der Waals surface area contributed by atoms with Crippen LogP contribution in [-0.2, 0) is 11.3 Å². The second-order valence-corrected chi connectivity index (χ2v) is 9.60. The second-order valence-electron chi connectivity index (χ2n) is 9.19. The van der Waals surface area contributed by atoms with Crippen LogP contribution in [0.5, 0.6) is 5.75 Å². The lowest BCUT2D eigenvalue weighted by Gasteiger charge is -2.19. The Morgan fingerprint density at radius 3 is 2.74 bits per heavy atom. The number of nitrogens with zero attached hydrogens (tertiary/aromatic N) is 3. The fourth-order valence-electron chi connectivity index (χ4n) is 4.69. The van der Waals surface area contributed by atoms with Crippen molar-refractivity contribution >= 4 is 34.2 Å². The molecule has 0 unspecified atom stereocenters. The Hall–Kier alpha value is -3.35. The molecule has 1 aliphatic heterocycles. The number of aliphatic hydroxyl groups excluding tert-OH is 1. The molecule has 180 valence electrons. The minimum absolute atomic E-state index is 0.0672. The maximum Gasteiger partial charge on any atom is 0.227 e. The SMILES string of the molecule is Cc1cccc(N2C[C@H](c3nc4ccccc4n3C[C@H](O)COc3ccc(Cl)c(C)c3)CC2=O)c1. The van der Waals surface area contributed by atoms with Crippen LogP contribution in [0, 0.1) is 13.8 Å². The minimum Gasteiger partial charge on any atom is -0.491 e. The summed E-state index contributed by atoms with van der Waals surface area (Å²) in [5, 5.41) is 11.5. The summed E-state index contributed by atoms with van der Waals surface area (Å²) in [5.74, 6) is 1.50. The van der Waals surface area contributed by atoms with Gasteiger partial charge in [0.2, 0.25) is 5.91 Å². The zero-order valence-corrected chi connectivity index (χ0v) is 20.6. The Balaban J connectivity index is 1.37. The van der Waals surface area contributed by atoms with Crippen LogP contribution in [0.25, 0.3) is 11.0 Å². The lowest BCUT2D eigenvalue weighted by atomic mass is 10.1. The molecule has 7 heteroatoms. The van der Waals surface area contributed by atoms with Crippen LogP contribution in [0.1, 0.15) is 29.3 Å². The number of carbonyl (C=O) groups excluding carboxylic acids is 1. The Kier molecular flexibility index (Phi) is 6.50. The molecular formula is C28H28ClN3O3. The lowest BCUT2D eigenvalue weighted by Crippen LogP contribution is -2.26. The van der Waals surface area contributed by atoms with Crippen LogP contribution in [0.3, 0.4) is 0 Å². The summed E-state index contributed by atoms with van der Waals surface area (Å²) in [6.45, 7) is 4.94. The van der Waals surface area contributed by atoms with Crippen molar-refractivity contribution < 1.29 is 14.6 Å². The molecule has 1 aliphatic rings. The van der Waals surface area contributed by atoms with Crippen LogP contribution in [0.2, 0.25) is 5.02 Å². The molecule has 1 aromatic heterocycles. The number of fused-ring (bicyclic) bond motifs is 1. The smallest absolute Gasteiger partial charge is 0.227 e. The van der Waals surface area contributed by atoms with Crippen molar-refractivity contribution in [1.82, 2.24) is 9.55 Å². The number of benzene rings is 3. The molecular weight excluding hydrogens is 462 g/mol. The minimum atomic E-state index is -0.757. The van der Waals surface area contributed by atoms with E-state index in [1.54, 1.807) is 12.1 Å². The summed E-state index contributed by atoms with van der Waals surface area (Å²) in [4.78, 5) is 19.7. The molecule has 0 aliphatic carbocycles. The number of aryl methyl sites for hydroxylation is 2. The van der Waals surface area contributed by atoms with Crippen molar-refractivity contribution in [3.8, 4) is 5.75 Å². The van der Waals surface area contributed by atoms with Gasteiger partial charge in [-0.05, 0) is 67.4 Å². The standard InChI is InChI=1S/C28H28ClN3O3/c1-18-6-5-7-21(12-18)31-15-20(14-27(31)34)28-30-25-8-3-4-9-26(25)32(28)16-22(33)17-35-23-10-11-24(29)19(2)13-23/h3-13,20,22,33H,14-17H2,1-2H3/t20-,22+/m1/s1. The van der Waals surface area contributed by atoms with Crippen LogP contribution in [0.4, 0.5) is 5.69 Å². The van der Waals surface area contributed by atoms with Gasteiger partial charge in [-0.3, -0.25) is 4.79 Å². The topological polar surface area (TPSA) is 67.6 Å². The van der Waals surface area contributed by atoms with Gasteiger partial charge in [0.25, 0.3) is 0 Å². The first-order valence-corrected chi connectivity index (χ1v) is 12.2. The molecule has 2 atom stereocenters. The molecule has 0 radical (unpaired) electrons. The number of imidazole rings is 1. The number of carbonyl (C=O) groups is 1. The first-order valence-electron chi connectivity index (χ1n) is 11.8. The van der Waals surface area contributed by atoms with Gasteiger partial charge in [0.05, 0.1) is 17.6 Å². The van der Waals surface area contributed by atoms with Crippen molar-refractivity contribution in [3.05, 3.63) is 88.7 Å². The van der Waals surface area contributed by atoms with E-state index in [1.165, 1.54) is 0 Å². The summed E-state index contributed by atoms with van der Waals surface area (Å²) in [6.07, 6.45) is -0.374. The Morgan fingerprint density at radius 1 is 1.11 bits per heavy atom. The molecule has 1 N–H and O–H groups in total. The Labute approximate surface area is 209 Å². The van der Waals surface area contributed by atoms with E-state index in [0.717, 1.165) is 33.7 Å². The van der Waals surface area contributed by atoms with Gasteiger partial charge in [0.15, 0.2) is 0 Å². The first kappa shape index (κ1) is 23.4. The molecule has 2 heterocycles. The van der Waals surface area contributed by atoms with Crippen LogP contribution >= 0.6 is 11.6 Å². The molecule has 1 fully saturated rings. The highest BCUT2D eigenvalue weighted by molar-refractivity contribution is 6.31. The van der Waals surface area contributed by atoms with E-state index in [4.69, 9.17) is 21.3 Å². The van der Waals surface area contributed by atoms with E-state index in [9.17, 15) is 9.90 Å². The molecule has 4 aromatic rings. The number of aromatic nitrogens is 2. The second kappa shape index (κ2) is 9.72. The van der Waals surface area contributed by atoms with E-state index >= 15 is 0 Å². The zero-order chi connectivity index (χ0) is 24.5. The molecule has 0 spiro atoms. The summed E-state index contributed by atoms with van der Waals surface area (Å²) in [6, 6.07) is 21.3. The molecule has 6 nitrogen and oxygen atoms in total. The van der Waals surface area contributed by atoms with Crippen molar-refractivity contribution in [2.24, 2.45) is 0 Å². The number of anilines is 1. The average molecular weight is 490 g/mol. The number of aliphatic hydroxyl groups is 1. The maximum atomic E-state index is 12.9. The van der Waals surface area contributed by atoms with E-state index in [0.29, 0.717) is 30.3 Å². The molecule has 0 saturated carbocycles. The van der Waals surface area contributed by atoms with Gasteiger partial charge < -0.3 is 19.3 Å². The van der Waals surface area contributed by atoms with Crippen molar-refractivity contribution in [2.45, 2.75) is 38.8 Å². The molecule has 0 bridgehead atoms. The quantitative estimate of drug-likeness (QED) is 0.384. The van der Waals surface area contributed by atoms with E-state index in [-0.39, 0.29) is 18.4 Å². The number of ether oxygens (including phenoxy) is 1. The van der Waals surface area contributed by atoms with Crippen molar-refractivity contribution in [2.75, 3.05) is 18.1 Å². The highest BCUT2D eigenvalue weighted by Gasteiger charge is 2.35. The molecule has 1 saturated heterocycles. The Bertz CT molecular complexity index is 1380. The lowest BCUT2D eigenvalue weighted by molar-refractivity contribution is -0.117. The number of rotatable bonds is 7.